The third-order valence-electron chi connectivity index (χ3n) is 5.81. The Morgan fingerprint density at radius 1 is 0.972 bits per heavy atom. The van der Waals surface area contributed by atoms with Gasteiger partial charge in [0.05, 0.1) is 9.90 Å². The van der Waals surface area contributed by atoms with E-state index < -0.39 is 0 Å². The zero-order chi connectivity index (χ0) is 25.2. The Morgan fingerprint density at radius 3 is 2.42 bits per heavy atom. The van der Waals surface area contributed by atoms with E-state index in [-0.39, 0.29) is 16.9 Å². The minimum Gasteiger partial charge on any atom is -0.368 e. The molecule has 0 unspecified atom stereocenters. The van der Waals surface area contributed by atoms with Crippen LogP contribution >= 0.6 is 58.1 Å². The average molecular weight is 576 g/mol. The first-order chi connectivity index (χ1) is 17.4. The molecule has 1 aliphatic heterocycles. The molecule has 0 saturated carbocycles. The molecule has 2 N–H and O–H groups in total. The van der Waals surface area contributed by atoms with Crippen LogP contribution in [0.1, 0.15) is 19.3 Å². The summed E-state index contributed by atoms with van der Waals surface area (Å²) in [6, 6.07) is 16.9. The van der Waals surface area contributed by atoms with E-state index in [1.165, 1.54) is 22.7 Å². The van der Waals surface area contributed by atoms with Crippen LogP contribution in [0.15, 0.2) is 60.0 Å². The van der Waals surface area contributed by atoms with E-state index in [0.29, 0.717) is 28.0 Å². The van der Waals surface area contributed by atoms with Gasteiger partial charge < -0.3 is 15.1 Å². The fourth-order valence-electron chi connectivity index (χ4n) is 3.99. The van der Waals surface area contributed by atoms with Gasteiger partial charge >= 0.3 is 0 Å². The highest BCUT2D eigenvalue weighted by Gasteiger charge is 2.23. The maximum atomic E-state index is 12.8. The van der Waals surface area contributed by atoms with Gasteiger partial charge in [0.15, 0.2) is 5.11 Å². The summed E-state index contributed by atoms with van der Waals surface area (Å²) < 4.78 is 0.837. The van der Waals surface area contributed by atoms with Crippen molar-refractivity contribution in [1.29, 1.82) is 0 Å². The second kappa shape index (κ2) is 10.7. The molecule has 2 aromatic carbocycles. The predicted octanol–water partition coefficient (Wildman–Crippen LogP) is 6.36. The van der Waals surface area contributed by atoms with Crippen LogP contribution in [0.25, 0.3) is 10.1 Å². The van der Waals surface area contributed by atoms with Crippen molar-refractivity contribution in [2.75, 3.05) is 36.4 Å². The zero-order valence-corrected chi connectivity index (χ0v) is 22.8. The number of halogens is 2. The Balaban J connectivity index is 1.15. The normalized spacial score (nSPS) is 13.6. The number of rotatable bonds is 4. The number of hydrogen-bond donors (Lipinski definition) is 2. The molecule has 2 amide bonds. The summed E-state index contributed by atoms with van der Waals surface area (Å²) in [4.78, 5) is 30.6. The second-order valence-corrected chi connectivity index (χ2v) is 11.3. The van der Waals surface area contributed by atoms with E-state index in [0.717, 1.165) is 39.4 Å². The number of hydrogen-bond acceptors (Lipinski definition) is 6. The van der Waals surface area contributed by atoms with Gasteiger partial charge in [-0.05, 0) is 60.1 Å². The molecule has 184 valence electrons. The quantitative estimate of drug-likeness (QED) is 0.278. The third-order valence-corrected chi connectivity index (χ3v) is 8.77. The highest BCUT2D eigenvalue weighted by molar-refractivity contribution is 7.80. The fourth-order valence-corrected chi connectivity index (χ4v) is 6.58. The van der Waals surface area contributed by atoms with Crippen molar-refractivity contribution in [3.8, 4) is 0 Å². The smallest absolute Gasteiger partial charge is 0.269 e. The lowest BCUT2D eigenvalue weighted by atomic mass is 10.2. The molecule has 0 radical (unpaired) electrons. The van der Waals surface area contributed by atoms with Crippen molar-refractivity contribution in [3.05, 3.63) is 79.8 Å². The summed E-state index contributed by atoms with van der Waals surface area (Å²) in [7, 11) is 0. The summed E-state index contributed by atoms with van der Waals surface area (Å²) in [5.74, 6) is -0.276. The molecule has 1 saturated heterocycles. The first-order valence-corrected chi connectivity index (χ1v) is 13.9. The molecule has 4 aromatic rings. The summed E-state index contributed by atoms with van der Waals surface area (Å²) in [5.41, 5.74) is 1.82. The Bertz CT molecular complexity index is 1430. The molecule has 6 nitrogen and oxygen atoms in total. The van der Waals surface area contributed by atoms with E-state index in [4.69, 9.17) is 35.4 Å². The Kier molecular flexibility index (Phi) is 7.45. The number of carbonyl (C=O) groups is 2. The van der Waals surface area contributed by atoms with Crippen LogP contribution in [0.4, 0.5) is 11.4 Å². The highest BCUT2D eigenvalue weighted by atomic mass is 35.5. The van der Waals surface area contributed by atoms with Gasteiger partial charge in [0.25, 0.3) is 11.8 Å². The summed E-state index contributed by atoms with van der Waals surface area (Å²) in [5, 5.41) is 9.59. The van der Waals surface area contributed by atoms with Crippen LogP contribution in [-0.2, 0) is 0 Å². The van der Waals surface area contributed by atoms with Crippen molar-refractivity contribution in [2.24, 2.45) is 0 Å². The van der Waals surface area contributed by atoms with Crippen LogP contribution in [0.5, 0.6) is 0 Å². The minimum absolute atomic E-state index is 0.0977. The molecule has 5 rings (SSSR count). The van der Waals surface area contributed by atoms with Crippen LogP contribution < -0.4 is 15.5 Å². The summed E-state index contributed by atoms with van der Waals surface area (Å²) in [6.45, 7) is 2.89. The van der Waals surface area contributed by atoms with E-state index >= 15 is 0 Å². The van der Waals surface area contributed by atoms with Gasteiger partial charge in [0, 0.05) is 52.7 Å². The van der Waals surface area contributed by atoms with Gasteiger partial charge in [0.2, 0.25) is 0 Å². The monoisotopic (exact) mass is 574 g/mol. The van der Waals surface area contributed by atoms with Crippen LogP contribution in [-0.4, -0.2) is 48.0 Å². The molecule has 36 heavy (non-hydrogen) atoms. The van der Waals surface area contributed by atoms with Crippen LogP contribution in [0, 0.1) is 0 Å². The number of fused-ring (bicyclic) bond motifs is 1. The summed E-state index contributed by atoms with van der Waals surface area (Å²) in [6.07, 6.45) is 0. The Morgan fingerprint density at radius 2 is 1.72 bits per heavy atom. The molecule has 3 heterocycles. The maximum absolute atomic E-state index is 12.8. The van der Waals surface area contributed by atoms with Crippen molar-refractivity contribution >= 4 is 96.5 Å². The highest BCUT2D eigenvalue weighted by Crippen LogP contribution is 2.36. The van der Waals surface area contributed by atoms with Gasteiger partial charge in [-0.3, -0.25) is 14.9 Å². The maximum Gasteiger partial charge on any atom is 0.269 e. The molecular formula is C25H20Cl2N4O2S3. The van der Waals surface area contributed by atoms with E-state index in [9.17, 15) is 9.59 Å². The molecule has 2 aromatic heterocycles. The lowest BCUT2D eigenvalue weighted by Crippen LogP contribution is -2.48. The molecule has 0 aliphatic carbocycles. The molecular weight excluding hydrogens is 555 g/mol. The number of amides is 2. The molecule has 11 heteroatoms. The Hall–Kier alpha value is -2.69. The molecule has 0 spiro atoms. The number of nitrogens with zero attached hydrogens (tertiary/aromatic N) is 2. The third kappa shape index (κ3) is 5.35. The first kappa shape index (κ1) is 25.0. The minimum atomic E-state index is -0.374. The van der Waals surface area contributed by atoms with E-state index in [1.807, 2.05) is 46.7 Å². The fraction of sp³-hybridized carbons (Fsp3) is 0.160. The predicted molar refractivity (Wildman–Crippen MR) is 154 cm³/mol. The second-order valence-electron chi connectivity index (χ2n) is 8.10. The van der Waals surface area contributed by atoms with Gasteiger partial charge in [-0.1, -0.05) is 35.3 Å². The van der Waals surface area contributed by atoms with Crippen molar-refractivity contribution in [2.45, 2.75) is 0 Å². The van der Waals surface area contributed by atoms with Crippen molar-refractivity contribution in [3.63, 3.8) is 0 Å². The van der Waals surface area contributed by atoms with Gasteiger partial charge in [-0.15, -0.1) is 22.7 Å². The molecule has 0 atom stereocenters. The molecule has 1 fully saturated rings. The lowest BCUT2D eigenvalue weighted by Gasteiger charge is -2.36. The van der Waals surface area contributed by atoms with Crippen molar-refractivity contribution in [1.82, 2.24) is 10.2 Å². The summed E-state index contributed by atoms with van der Waals surface area (Å²) >= 11 is 20.5. The van der Waals surface area contributed by atoms with E-state index in [2.05, 4.69) is 15.5 Å². The average Bonchev–Trinajstić information content (AvgIpc) is 3.52. The number of benzene rings is 2. The largest absolute Gasteiger partial charge is 0.368 e. The van der Waals surface area contributed by atoms with Crippen LogP contribution in [0.2, 0.25) is 10.0 Å². The SMILES string of the molecule is O=C(NC(=S)Nc1ccc(N2CCN(C(=O)c3cccs3)CC2)cc1)c1sc2cc(Cl)ccc2c1Cl. The van der Waals surface area contributed by atoms with Gasteiger partial charge in [-0.25, -0.2) is 0 Å². The van der Waals surface area contributed by atoms with Crippen molar-refractivity contribution < 1.29 is 9.59 Å². The molecule has 0 bridgehead atoms. The standard InChI is InChI=1S/C25H20Cl2N4O2S3/c26-15-3-8-18-20(14-15)36-22(21(18)27)23(32)29-25(34)28-16-4-6-17(7-5-16)30-9-11-31(12-10-30)24(33)19-2-1-13-35-19/h1-8,13-14H,9-12H2,(H2,28,29,32,34). The Labute approximate surface area is 231 Å². The van der Waals surface area contributed by atoms with Gasteiger partial charge in [0.1, 0.15) is 4.88 Å². The zero-order valence-electron chi connectivity index (χ0n) is 18.8. The van der Waals surface area contributed by atoms with Crippen LogP contribution in [0.3, 0.4) is 0 Å². The topological polar surface area (TPSA) is 64.7 Å². The number of carbonyl (C=O) groups excluding carboxylic acids is 2. The van der Waals surface area contributed by atoms with E-state index in [1.54, 1.807) is 18.2 Å². The number of anilines is 2. The number of thiocarbonyl (C=S) groups is 1. The molecule has 1 aliphatic rings. The number of piperazine rings is 1. The first-order valence-electron chi connectivity index (χ1n) is 11.1. The number of nitrogens with one attached hydrogen (secondary N) is 2. The number of thiophene rings is 2. The van der Waals surface area contributed by atoms with Gasteiger partial charge in [-0.2, -0.15) is 0 Å². The lowest BCUT2D eigenvalue weighted by molar-refractivity contribution is 0.0751.